The first-order chi connectivity index (χ1) is 17.6. The Kier molecular flexibility index (Phi) is 5.45. The van der Waals surface area contributed by atoms with Crippen LogP contribution in [0.15, 0.2) is 64.3 Å². The number of aliphatic hydroxyl groups is 1. The van der Waals surface area contributed by atoms with Crippen LogP contribution in [0, 0.1) is 12.8 Å². The number of aryl methyl sites for hydroxylation is 3. The third kappa shape index (κ3) is 3.52. The molecular weight excluding hydrogens is 514 g/mol. The highest BCUT2D eigenvalue weighted by molar-refractivity contribution is 8.04. The number of amides is 1. The molecule has 9 nitrogen and oxygen atoms in total. The predicted molar refractivity (Wildman–Crippen MR) is 139 cm³/mol. The fourth-order valence-corrected chi connectivity index (χ4v) is 8.86. The lowest BCUT2D eigenvalue weighted by Gasteiger charge is -2.43. The van der Waals surface area contributed by atoms with Gasteiger partial charge in [-0.3, -0.25) is 14.0 Å². The Bertz CT molecular complexity index is 1620. The van der Waals surface area contributed by atoms with Gasteiger partial charge in [0, 0.05) is 29.2 Å². The van der Waals surface area contributed by atoms with E-state index >= 15 is 0 Å². The molecule has 3 unspecified atom stereocenters. The van der Waals surface area contributed by atoms with Gasteiger partial charge in [0.1, 0.15) is 11.1 Å². The summed E-state index contributed by atoms with van der Waals surface area (Å²) in [6.45, 7) is 4.08. The Morgan fingerprint density at radius 3 is 2.65 bits per heavy atom. The maximum absolute atomic E-state index is 13.7. The van der Waals surface area contributed by atoms with Crippen molar-refractivity contribution in [3.05, 3.63) is 70.5 Å². The number of carboxylic acids is 1. The highest BCUT2D eigenvalue weighted by Crippen LogP contribution is 2.52. The molecule has 37 heavy (non-hydrogen) atoms. The Balaban J connectivity index is 1.37. The second kappa shape index (κ2) is 8.37. The van der Waals surface area contributed by atoms with Crippen LogP contribution in [0.2, 0.25) is 0 Å². The molecule has 11 heteroatoms. The molecule has 0 aliphatic carbocycles. The highest BCUT2D eigenvalue weighted by atomic mass is 32.2. The molecule has 1 aromatic heterocycles. The monoisotopic (exact) mass is 539 g/mol. The number of fused-ring (bicyclic) bond motifs is 1. The first-order valence-corrected chi connectivity index (χ1v) is 14.3. The molecule has 2 N–H and O–H groups in total. The summed E-state index contributed by atoms with van der Waals surface area (Å²) in [5.41, 5.74) is 2.49. The van der Waals surface area contributed by atoms with Gasteiger partial charge in [0.05, 0.1) is 29.1 Å². The molecule has 4 heterocycles. The van der Waals surface area contributed by atoms with Gasteiger partial charge in [-0.05, 0) is 55.0 Å². The largest absolute Gasteiger partial charge is 0.477 e. The van der Waals surface area contributed by atoms with E-state index in [1.54, 1.807) is 12.1 Å². The van der Waals surface area contributed by atoms with Gasteiger partial charge < -0.3 is 14.8 Å². The summed E-state index contributed by atoms with van der Waals surface area (Å²) < 4.78 is 30.7. The van der Waals surface area contributed by atoms with Crippen molar-refractivity contribution in [1.29, 1.82) is 0 Å². The molecule has 3 aromatic rings. The summed E-state index contributed by atoms with van der Waals surface area (Å²) >= 11 is 1.14. The molecule has 192 valence electrons. The standard InChI is InChI=1S/C26H25N3O6S2/c1-14-8-10-27(12-14)11-9-16-6-7-20-22-17(16)4-3-5-18(22)28(37(20,34)35)13-19-23(26(32)33)29-24(31)21(15(2)30)25(29)36-19/h3-8,10,12,15,21,25,30H,9,11,13H2,1-2H3,(H,32,33). The third-order valence-electron chi connectivity index (χ3n) is 7.31. The van der Waals surface area contributed by atoms with Crippen LogP contribution in [0.4, 0.5) is 5.69 Å². The number of carbonyl (C=O) groups excluding carboxylic acids is 1. The molecule has 0 saturated carbocycles. The van der Waals surface area contributed by atoms with Gasteiger partial charge in [-0.15, -0.1) is 0 Å². The smallest absolute Gasteiger partial charge is 0.353 e. The summed E-state index contributed by atoms with van der Waals surface area (Å²) in [6, 6.07) is 11.0. The van der Waals surface area contributed by atoms with E-state index in [4.69, 9.17) is 0 Å². The van der Waals surface area contributed by atoms with E-state index in [0.29, 0.717) is 11.1 Å². The minimum atomic E-state index is -3.94. The van der Waals surface area contributed by atoms with E-state index in [-0.39, 0.29) is 22.0 Å². The fourth-order valence-electron chi connectivity index (χ4n) is 5.52. The number of hydrogen-bond acceptors (Lipinski definition) is 6. The van der Waals surface area contributed by atoms with Crippen LogP contribution >= 0.6 is 11.8 Å². The summed E-state index contributed by atoms with van der Waals surface area (Å²) in [5, 5.41) is 20.8. The van der Waals surface area contributed by atoms with Crippen LogP contribution in [0.5, 0.6) is 0 Å². The van der Waals surface area contributed by atoms with Crippen molar-refractivity contribution in [2.75, 3.05) is 10.8 Å². The Morgan fingerprint density at radius 2 is 1.97 bits per heavy atom. The van der Waals surface area contributed by atoms with Crippen LogP contribution in [0.1, 0.15) is 18.1 Å². The van der Waals surface area contributed by atoms with Crippen molar-refractivity contribution in [3.63, 3.8) is 0 Å². The molecule has 1 amide bonds. The SMILES string of the molecule is Cc1ccn(CCc2ccc3c4c(cccc24)N(CC2=C(C(=O)O)N4C(=O)C(C(C)O)C4S2)S3(=O)=O)c1. The van der Waals surface area contributed by atoms with E-state index in [2.05, 4.69) is 10.8 Å². The van der Waals surface area contributed by atoms with E-state index < -0.39 is 39.3 Å². The number of thioether (sulfide) groups is 1. The topological polar surface area (TPSA) is 120 Å². The number of carbonyl (C=O) groups is 2. The van der Waals surface area contributed by atoms with Gasteiger partial charge in [-0.25, -0.2) is 13.2 Å². The van der Waals surface area contributed by atoms with E-state index in [9.17, 15) is 28.2 Å². The minimum absolute atomic E-state index is 0.195. The highest BCUT2D eigenvalue weighted by Gasteiger charge is 2.58. The van der Waals surface area contributed by atoms with Crippen LogP contribution in [0.3, 0.4) is 0 Å². The molecule has 3 aliphatic heterocycles. The van der Waals surface area contributed by atoms with Crippen molar-refractivity contribution >= 4 is 50.1 Å². The molecule has 6 rings (SSSR count). The number of carboxylic acid groups (broad SMARTS) is 1. The lowest BCUT2D eigenvalue weighted by atomic mass is 9.92. The summed E-state index contributed by atoms with van der Waals surface area (Å²) in [6.07, 6.45) is 3.87. The number of rotatable bonds is 7. The molecule has 3 atom stereocenters. The first kappa shape index (κ1) is 24.1. The molecule has 2 aromatic carbocycles. The number of nitrogens with zero attached hydrogens (tertiary/aromatic N) is 3. The predicted octanol–water partition coefficient (Wildman–Crippen LogP) is 2.91. The number of benzene rings is 2. The number of aliphatic hydroxyl groups excluding tert-OH is 1. The number of sulfonamides is 1. The molecule has 1 fully saturated rings. The van der Waals surface area contributed by atoms with Crippen LogP contribution in [-0.4, -0.2) is 58.0 Å². The summed E-state index contributed by atoms with van der Waals surface area (Å²) in [5.74, 6) is -2.48. The van der Waals surface area contributed by atoms with Crippen LogP contribution in [-0.2, 0) is 32.6 Å². The molecule has 0 spiro atoms. The third-order valence-corrected chi connectivity index (χ3v) is 10.5. The van der Waals surface area contributed by atoms with Gasteiger partial charge in [-0.1, -0.05) is 30.0 Å². The number of β-lactam (4-membered cyclic amide) rings is 1. The maximum Gasteiger partial charge on any atom is 0.353 e. The Labute approximate surface area is 218 Å². The summed E-state index contributed by atoms with van der Waals surface area (Å²) in [4.78, 5) is 26.3. The molecular formula is C26H25N3O6S2. The fraction of sp³-hybridized carbons (Fsp3) is 0.308. The number of hydrogen-bond donors (Lipinski definition) is 2. The van der Waals surface area contributed by atoms with Crippen LogP contribution in [0.25, 0.3) is 10.8 Å². The second-order valence-corrected chi connectivity index (χ2v) is 12.7. The lowest BCUT2D eigenvalue weighted by molar-refractivity contribution is -0.156. The Hall–Kier alpha value is -3.28. The van der Waals surface area contributed by atoms with Crippen molar-refractivity contribution in [1.82, 2.24) is 9.47 Å². The van der Waals surface area contributed by atoms with Crippen molar-refractivity contribution in [2.45, 2.75) is 43.2 Å². The van der Waals surface area contributed by atoms with E-state index in [0.717, 1.165) is 40.6 Å². The number of aromatic nitrogens is 1. The summed E-state index contributed by atoms with van der Waals surface area (Å²) in [7, 11) is -3.94. The van der Waals surface area contributed by atoms with Gasteiger partial charge in [0.2, 0.25) is 5.91 Å². The number of aliphatic carboxylic acids is 1. The lowest BCUT2D eigenvalue weighted by Crippen LogP contribution is -2.60. The zero-order valence-corrected chi connectivity index (χ0v) is 21.8. The van der Waals surface area contributed by atoms with Crippen LogP contribution < -0.4 is 4.31 Å². The van der Waals surface area contributed by atoms with Gasteiger partial charge in [0.25, 0.3) is 10.0 Å². The normalized spacial score (nSPS) is 22.5. The zero-order chi connectivity index (χ0) is 26.2. The minimum Gasteiger partial charge on any atom is -0.477 e. The molecule has 3 aliphatic rings. The van der Waals surface area contributed by atoms with E-state index in [1.807, 2.05) is 37.4 Å². The van der Waals surface area contributed by atoms with E-state index in [1.165, 1.54) is 16.8 Å². The number of anilines is 1. The molecule has 1 saturated heterocycles. The maximum atomic E-state index is 13.7. The van der Waals surface area contributed by atoms with Gasteiger partial charge in [0.15, 0.2) is 0 Å². The van der Waals surface area contributed by atoms with Crippen molar-refractivity contribution in [2.24, 2.45) is 5.92 Å². The Morgan fingerprint density at radius 1 is 1.19 bits per heavy atom. The van der Waals surface area contributed by atoms with Crippen molar-refractivity contribution < 1.29 is 28.2 Å². The average molecular weight is 540 g/mol. The molecule has 0 radical (unpaired) electrons. The van der Waals surface area contributed by atoms with Gasteiger partial charge in [-0.2, -0.15) is 0 Å². The molecule has 0 bridgehead atoms. The quantitative estimate of drug-likeness (QED) is 0.443. The van der Waals surface area contributed by atoms with Crippen molar-refractivity contribution in [3.8, 4) is 0 Å². The zero-order valence-electron chi connectivity index (χ0n) is 20.2. The van der Waals surface area contributed by atoms with Gasteiger partial charge >= 0.3 is 5.97 Å². The average Bonchev–Trinajstić information content (AvgIpc) is 3.46. The second-order valence-electron chi connectivity index (χ2n) is 9.67. The first-order valence-electron chi connectivity index (χ1n) is 11.9.